The van der Waals surface area contributed by atoms with Crippen LogP contribution < -0.4 is 10.6 Å². The first-order valence-corrected chi connectivity index (χ1v) is 8.34. The van der Waals surface area contributed by atoms with Gasteiger partial charge in [-0.3, -0.25) is 0 Å². The van der Waals surface area contributed by atoms with E-state index in [9.17, 15) is 0 Å². The third-order valence-electron chi connectivity index (χ3n) is 4.89. The van der Waals surface area contributed by atoms with Crippen molar-refractivity contribution >= 4 is 17.3 Å². The maximum atomic E-state index is 6.55. The SMILES string of the molecule is CC(N)Cc1cccc(Cl)c1N1CCCC2CCCC21. The largest absolute Gasteiger partial charge is 0.367 e. The fourth-order valence-electron chi connectivity index (χ4n) is 4.12. The van der Waals surface area contributed by atoms with Gasteiger partial charge in [0.15, 0.2) is 0 Å². The molecule has 3 unspecified atom stereocenters. The molecular weight excluding hydrogens is 268 g/mol. The Bertz CT molecular complexity index is 472. The second kappa shape index (κ2) is 5.95. The van der Waals surface area contributed by atoms with Gasteiger partial charge in [-0.15, -0.1) is 0 Å². The van der Waals surface area contributed by atoms with Gasteiger partial charge in [0.05, 0.1) is 10.7 Å². The van der Waals surface area contributed by atoms with Crippen LogP contribution in [0, 0.1) is 5.92 Å². The number of hydrogen-bond donors (Lipinski definition) is 1. The molecule has 1 saturated heterocycles. The number of para-hydroxylation sites is 1. The summed E-state index contributed by atoms with van der Waals surface area (Å²) in [5, 5.41) is 0.899. The highest BCUT2D eigenvalue weighted by Gasteiger charge is 2.36. The van der Waals surface area contributed by atoms with Gasteiger partial charge in [0.1, 0.15) is 0 Å². The fraction of sp³-hybridized carbons (Fsp3) is 0.647. The molecule has 1 saturated carbocycles. The average Bonchev–Trinajstić information content (AvgIpc) is 2.86. The molecule has 0 spiro atoms. The minimum atomic E-state index is 0.177. The monoisotopic (exact) mass is 292 g/mol. The third kappa shape index (κ3) is 2.68. The Labute approximate surface area is 127 Å². The minimum absolute atomic E-state index is 0.177. The molecule has 2 N–H and O–H groups in total. The fourth-order valence-corrected chi connectivity index (χ4v) is 4.43. The molecule has 2 fully saturated rings. The first kappa shape index (κ1) is 14.2. The van der Waals surface area contributed by atoms with E-state index >= 15 is 0 Å². The van der Waals surface area contributed by atoms with Gasteiger partial charge < -0.3 is 10.6 Å². The molecule has 1 aromatic rings. The molecule has 0 bridgehead atoms. The molecule has 3 heteroatoms. The van der Waals surface area contributed by atoms with Gasteiger partial charge in [-0.1, -0.05) is 30.2 Å². The van der Waals surface area contributed by atoms with Crippen LogP contribution in [0.5, 0.6) is 0 Å². The van der Waals surface area contributed by atoms with Crippen LogP contribution in [0.1, 0.15) is 44.6 Å². The van der Waals surface area contributed by atoms with Crippen LogP contribution in [0.3, 0.4) is 0 Å². The summed E-state index contributed by atoms with van der Waals surface area (Å²) in [5.74, 6) is 0.878. The van der Waals surface area contributed by atoms with Crippen LogP contribution in [-0.4, -0.2) is 18.6 Å². The van der Waals surface area contributed by atoms with Gasteiger partial charge in [0.25, 0.3) is 0 Å². The number of hydrogen-bond acceptors (Lipinski definition) is 2. The van der Waals surface area contributed by atoms with E-state index in [1.807, 2.05) is 6.07 Å². The second-order valence-electron chi connectivity index (χ2n) is 6.52. The minimum Gasteiger partial charge on any atom is -0.367 e. The van der Waals surface area contributed by atoms with Crippen molar-refractivity contribution in [2.24, 2.45) is 11.7 Å². The highest BCUT2D eigenvalue weighted by atomic mass is 35.5. The van der Waals surface area contributed by atoms with Crippen LogP contribution >= 0.6 is 11.6 Å². The number of piperidine rings is 1. The molecule has 1 aliphatic heterocycles. The molecule has 2 nitrogen and oxygen atoms in total. The maximum Gasteiger partial charge on any atom is 0.0642 e. The summed E-state index contributed by atoms with van der Waals surface area (Å²) in [5.41, 5.74) is 8.60. The number of fused-ring (bicyclic) bond motifs is 1. The third-order valence-corrected chi connectivity index (χ3v) is 5.20. The number of nitrogens with two attached hydrogens (primary N) is 1. The zero-order valence-corrected chi connectivity index (χ0v) is 13.1. The molecule has 2 aliphatic rings. The van der Waals surface area contributed by atoms with E-state index in [2.05, 4.69) is 24.0 Å². The predicted molar refractivity (Wildman–Crippen MR) is 86.5 cm³/mol. The Morgan fingerprint density at radius 1 is 1.30 bits per heavy atom. The average molecular weight is 293 g/mol. The number of nitrogens with zero attached hydrogens (tertiary/aromatic N) is 1. The van der Waals surface area contributed by atoms with E-state index < -0.39 is 0 Å². The second-order valence-corrected chi connectivity index (χ2v) is 6.93. The zero-order chi connectivity index (χ0) is 14.1. The van der Waals surface area contributed by atoms with Crippen LogP contribution in [0.2, 0.25) is 5.02 Å². The lowest BCUT2D eigenvalue weighted by atomic mass is 9.90. The number of halogens is 1. The van der Waals surface area contributed by atoms with Crippen LogP contribution in [0.25, 0.3) is 0 Å². The molecule has 3 atom stereocenters. The normalized spacial score (nSPS) is 27.4. The van der Waals surface area contributed by atoms with Crippen LogP contribution in [-0.2, 0) is 6.42 Å². The zero-order valence-electron chi connectivity index (χ0n) is 12.3. The Kier molecular flexibility index (Phi) is 4.23. The van der Waals surface area contributed by atoms with Gasteiger partial charge >= 0.3 is 0 Å². The molecule has 1 heterocycles. The summed E-state index contributed by atoms with van der Waals surface area (Å²) in [6.45, 7) is 3.22. The number of benzene rings is 1. The van der Waals surface area contributed by atoms with Crippen molar-refractivity contribution in [3.63, 3.8) is 0 Å². The van der Waals surface area contributed by atoms with Crippen molar-refractivity contribution in [2.75, 3.05) is 11.4 Å². The van der Waals surface area contributed by atoms with Crippen LogP contribution in [0.15, 0.2) is 18.2 Å². The van der Waals surface area contributed by atoms with Gasteiger partial charge in [-0.05, 0) is 56.6 Å². The lowest BCUT2D eigenvalue weighted by molar-refractivity contribution is 0.362. The quantitative estimate of drug-likeness (QED) is 0.912. The Morgan fingerprint density at radius 2 is 2.10 bits per heavy atom. The van der Waals surface area contributed by atoms with Crippen molar-refractivity contribution < 1.29 is 0 Å². The molecule has 0 amide bonds. The smallest absolute Gasteiger partial charge is 0.0642 e. The molecular formula is C17H25ClN2. The Balaban J connectivity index is 1.95. The maximum absolute atomic E-state index is 6.55. The Hall–Kier alpha value is -0.730. The lowest BCUT2D eigenvalue weighted by Gasteiger charge is -2.41. The summed E-state index contributed by atoms with van der Waals surface area (Å²) in [6.07, 6.45) is 7.70. The first-order valence-electron chi connectivity index (χ1n) is 7.96. The van der Waals surface area contributed by atoms with Gasteiger partial charge in [-0.25, -0.2) is 0 Å². The highest BCUT2D eigenvalue weighted by Crippen LogP contribution is 2.42. The topological polar surface area (TPSA) is 29.3 Å². The summed E-state index contributed by atoms with van der Waals surface area (Å²) in [7, 11) is 0. The summed E-state index contributed by atoms with van der Waals surface area (Å²) in [6, 6.07) is 7.16. The molecule has 3 rings (SSSR count). The van der Waals surface area contributed by atoms with Gasteiger partial charge in [0.2, 0.25) is 0 Å². The van der Waals surface area contributed by atoms with E-state index in [0.29, 0.717) is 6.04 Å². The van der Waals surface area contributed by atoms with E-state index in [1.54, 1.807) is 0 Å². The van der Waals surface area contributed by atoms with Crippen molar-refractivity contribution in [1.82, 2.24) is 0 Å². The molecule has 110 valence electrons. The Morgan fingerprint density at radius 3 is 2.90 bits per heavy atom. The van der Waals surface area contributed by atoms with Crippen LogP contribution in [0.4, 0.5) is 5.69 Å². The van der Waals surface area contributed by atoms with Crippen molar-refractivity contribution in [1.29, 1.82) is 0 Å². The molecule has 0 aromatic heterocycles. The van der Waals surface area contributed by atoms with Gasteiger partial charge in [-0.2, -0.15) is 0 Å². The van der Waals surface area contributed by atoms with Crippen molar-refractivity contribution in [3.05, 3.63) is 28.8 Å². The van der Waals surface area contributed by atoms with E-state index in [1.165, 1.54) is 43.4 Å². The van der Waals surface area contributed by atoms with Gasteiger partial charge in [0, 0.05) is 18.6 Å². The van der Waals surface area contributed by atoms with E-state index in [4.69, 9.17) is 17.3 Å². The van der Waals surface area contributed by atoms with Crippen molar-refractivity contribution in [2.45, 2.75) is 57.5 Å². The van der Waals surface area contributed by atoms with Crippen molar-refractivity contribution in [3.8, 4) is 0 Å². The lowest BCUT2D eigenvalue weighted by Crippen LogP contribution is -2.43. The number of rotatable bonds is 3. The highest BCUT2D eigenvalue weighted by molar-refractivity contribution is 6.33. The molecule has 0 radical (unpaired) electrons. The standard InChI is InChI=1S/C17H25ClN2/c1-12(19)11-14-6-2-8-15(18)17(14)20-10-4-7-13-5-3-9-16(13)20/h2,6,8,12-13,16H,3-5,7,9-11,19H2,1H3. The summed E-state index contributed by atoms with van der Waals surface area (Å²) < 4.78 is 0. The summed E-state index contributed by atoms with van der Waals surface area (Å²) in [4.78, 5) is 2.60. The first-order chi connectivity index (χ1) is 9.66. The number of anilines is 1. The summed E-state index contributed by atoms with van der Waals surface area (Å²) >= 11 is 6.55. The predicted octanol–water partition coefficient (Wildman–Crippen LogP) is 4.00. The van der Waals surface area contributed by atoms with E-state index in [0.717, 1.165) is 23.9 Å². The molecule has 1 aromatic carbocycles. The molecule has 20 heavy (non-hydrogen) atoms. The van der Waals surface area contributed by atoms with E-state index in [-0.39, 0.29) is 6.04 Å². The molecule has 1 aliphatic carbocycles.